The first-order valence-electron chi connectivity index (χ1n) is 8.65. The van der Waals surface area contributed by atoms with Gasteiger partial charge in [0.15, 0.2) is 0 Å². The lowest BCUT2D eigenvalue weighted by atomic mass is 9.95. The van der Waals surface area contributed by atoms with Gasteiger partial charge >= 0.3 is 6.18 Å². The Kier molecular flexibility index (Phi) is 5.50. The number of hydrogen-bond acceptors (Lipinski definition) is 3. The van der Waals surface area contributed by atoms with Crippen LogP contribution in [-0.2, 0) is 27.0 Å². The van der Waals surface area contributed by atoms with E-state index in [9.17, 15) is 22.8 Å². The minimum absolute atomic E-state index is 0.00478. The van der Waals surface area contributed by atoms with Gasteiger partial charge in [-0.15, -0.1) is 0 Å². The van der Waals surface area contributed by atoms with Crippen LogP contribution in [0.1, 0.15) is 24.0 Å². The van der Waals surface area contributed by atoms with E-state index in [0.717, 1.165) is 12.1 Å². The number of likely N-dealkylation sites (tertiary alicyclic amines) is 1. The predicted molar refractivity (Wildman–Crippen MR) is 87.0 cm³/mol. The third kappa shape index (κ3) is 4.35. The molecule has 1 aromatic carbocycles. The van der Waals surface area contributed by atoms with Gasteiger partial charge in [0.1, 0.15) is 0 Å². The predicted octanol–water partition coefficient (Wildman–Crippen LogP) is 2.30. The number of alkyl halides is 3. The lowest BCUT2D eigenvalue weighted by Crippen LogP contribution is -2.49. The molecule has 2 heterocycles. The zero-order chi connectivity index (χ0) is 18.7. The van der Waals surface area contributed by atoms with E-state index in [4.69, 9.17) is 4.74 Å². The maximum absolute atomic E-state index is 12.9. The van der Waals surface area contributed by atoms with Crippen LogP contribution in [-0.4, -0.2) is 54.5 Å². The molecule has 2 amide bonds. The van der Waals surface area contributed by atoms with Gasteiger partial charge in [-0.2, -0.15) is 13.2 Å². The maximum Gasteiger partial charge on any atom is 0.416 e. The van der Waals surface area contributed by atoms with Crippen molar-refractivity contribution in [2.45, 2.75) is 25.6 Å². The zero-order valence-corrected chi connectivity index (χ0v) is 14.3. The van der Waals surface area contributed by atoms with Crippen molar-refractivity contribution in [3.63, 3.8) is 0 Å². The lowest BCUT2D eigenvalue weighted by Gasteiger charge is -2.36. The van der Waals surface area contributed by atoms with Crippen molar-refractivity contribution >= 4 is 11.8 Å². The summed E-state index contributed by atoms with van der Waals surface area (Å²) in [6.07, 6.45) is -3.70. The largest absolute Gasteiger partial charge is 0.416 e. The number of morpholine rings is 1. The van der Waals surface area contributed by atoms with E-state index >= 15 is 0 Å². The first-order valence-corrected chi connectivity index (χ1v) is 8.65. The molecule has 3 rings (SSSR count). The molecule has 0 aromatic heterocycles. The number of carbonyl (C=O) groups excluding carboxylic acids is 2. The van der Waals surface area contributed by atoms with Gasteiger partial charge in [-0.05, 0) is 24.1 Å². The van der Waals surface area contributed by atoms with Gasteiger partial charge in [0.25, 0.3) is 0 Å². The fourth-order valence-corrected chi connectivity index (χ4v) is 3.38. The van der Waals surface area contributed by atoms with Crippen molar-refractivity contribution < 1.29 is 27.5 Å². The summed E-state index contributed by atoms with van der Waals surface area (Å²) in [7, 11) is 0. The first-order chi connectivity index (χ1) is 12.3. The highest BCUT2D eigenvalue weighted by molar-refractivity contribution is 5.84. The van der Waals surface area contributed by atoms with Gasteiger partial charge in [-0.3, -0.25) is 9.59 Å². The van der Waals surface area contributed by atoms with Crippen LogP contribution in [0.5, 0.6) is 0 Å². The topological polar surface area (TPSA) is 49.9 Å². The fraction of sp³-hybridized carbons (Fsp3) is 0.556. The van der Waals surface area contributed by atoms with Crippen LogP contribution < -0.4 is 0 Å². The highest BCUT2D eigenvalue weighted by Gasteiger charge is 2.34. The van der Waals surface area contributed by atoms with Crippen molar-refractivity contribution in [1.82, 2.24) is 9.80 Å². The van der Waals surface area contributed by atoms with E-state index in [1.54, 1.807) is 11.0 Å². The number of benzene rings is 1. The Morgan fingerprint density at radius 1 is 1.23 bits per heavy atom. The normalized spacial score (nSPS) is 21.8. The van der Waals surface area contributed by atoms with E-state index in [1.165, 1.54) is 11.0 Å². The quantitative estimate of drug-likeness (QED) is 0.821. The number of amides is 2. The Morgan fingerprint density at radius 3 is 2.65 bits per heavy atom. The Hall–Kier alpha value is -2.09. The molecule has 0 radical (unpaired) electrons. The summed E-state index contributed by atoms with van der Waals surface area (Å²) in [6.45, 7) is 2.41. The van der Waals surface area contributed by atoms with Gasteiger partial charge in [-0.25, -0.2) is 0 Å². The van der Waals surface area contributed by atoms with Gasteiger partial charge in [-0.1, -0.05) is 12.1 Å². The Bertz CT molecular complexity index is 672. The van der Waals surface area contributed by atoms with E-state index < -0.39 is 11.7 Å². The number of hydrogen-bond donors (Lipinski definition) is 0. The molecular formula is C18H21F3N2O3. The van der Waals surface area contributed by atoms with Crippen LogP contribution in [0.3, 0.4) is 0 Å². The van der Waals surface area contributed by atoms with Crippen molar-refractivity contribution in [1.29, 1.82) is 0 Å². The second kappa shape index (κ2) is 7.65. The molecule has 0 aliphatic carbocycles. The highest BCUT2D eigenvalue weighted by atomic mass is 19.4. The smallest absolute Gasteiger partial charge is 0.378 e. The molecule has 0 saturated carbocycles. The number of rotatable bonds is 3. The van der Waals surface area contributed by atoms with E-state index in [-0.39, 0.29) is 37.2 Å². The van der Waals surface area contributed by atoms with Crippen molar-refractivity contribution in [2.24, 2.45) is 5.92 Å². The molecular weight excluding hydrogens is 349 g/mol. The molecule has 8 heteroatoms. The number of piperidine rings is 1. The number of ether oxygens (including phenoxy) is 1. The molecule has 5 nitrogen and oxygen atoms in total. The second-order valence-electron chi connectivity index (χ2n) is 6.65. The molecule has 0 bridgehead atoms. The van der Waals surface area contributed by atoms with E-state index in [0.29, 0.717) is 38.3 Å². The van der Waals surface area contributed by atoms with Gasteiger partial charge in [0.05, 0.1) is 24.7 Å². The summed E-state index contributed by atoms with van der Waals surface area (Å²) >= 11 is 0. The third-order valence-electron chi connectivity index (χ3n) is 4.80. The average Bonchev–Trinajstić information content (AvgIpc) is 2.63. The van der Waals surface area contributed by atoms with Crippen molar-refractivity contribution in [3.8, 4) is 0 Å². The van der Waals surface area contributed by atoms with Gasteiger partial charge in [0.2, 0.25) is 11.8 Å². The molecule has 26 heavy (non-hydrogen) atoms. The van der Waals surface area contributed by atoms with Crippen molar-refractivity contribution in [3.05, 3.63) is 35.4 Å². The number of nitrogens with zero attached hydrogens (tertiary/aromatic N) is 2. The lowest BCUT2D eigenvalue weighted by molar-refractivity contribution is -0.146. The minimum Gasteiger partial charge on any atom is -0.378 e. The molecule has 2 aliphatic rings. The summed E-state index contributed by atoms with van der Waals surface area (Å²) < 4.78 is 43.8. The third-order valence-corrected chi connectivity index (χ3v) is 4.80. The summed E-state index contributed by atoms with van der Waals surface area (Å²) in [5.74, 6) is -0.445. The standard InChI is InChI=1S/C18H21F3N2O3/c19-18(20,21)15-3-1-2-13(10-15)11-23-12-14(4-5-16(23)24)17(25)22-6-8-26-9-7-22/h1-3,10,14H,4-9,11-12H2/t14-/m0/s1. The van der Waals surface area contributed by atoms with E-state index in [1.807, 2.05) is 0 Å². The Labute approximate surface area is 149 Å². The molecule has 1 atom stereocenters. The SMILES string of the molecule is O=C1CC[C@H](C(=O)N2CCOCC2)CN1Cc1cccc(C(F)(F)F)c1. The first kappa shape index (κ1) is 18.7. The van der Waals surface area contributed by atoms with Crippen LogP contribution >= 0.6 is 0 Å². The fourth-order valence-electron chi connectivity index (χ4n) is 3.38. The van der Waals surface area contributed by atoms with Gasteiger partial charge in [0, 0.05) is 32.6 Å². The van der Waals surface area contributed by atoms with Crippen LogP contribution in [0.2, 0.25) is 0 Å². The molecule has 2 aliphatic heterocycles. The summed E-state index contributed by atoms with van der Waals surface area (Å²) in [5, 5.41) is 0. The molecule has 0 unspecified atom stereocenters. The summed E-state index contributed by atoms with van der Waals surface area (Å²) in [4.78, 5) is 28.0. The molecule has 142 valence electrons. The highest BCUT2D eigenvalue weighted by Crippen LogP contribution is 2.30. The minimum atomic E-state index is -4.42. The number of carbonyl (C=O) groups is 2. The molecule has 0 spiro atoms. The Balaban J connectivity index is 1.67. The molecule has 1 aromatic rings. The molecule has 2 fully saturated rings. The Morgan fingerprint density at radius 2 is 1.96 bits per heavy atom. The molecule has 2 saturated heterocycles. The average molecular weight is 370 g/mol. The van der Waals surface area contributed by atoms with Crippen LogP contribution in [0.15, 0.2) is 24.3 Å². The van der Waals surface area contributed by atoms with Crippen molar-refractivity contribution in [2.75, 3.05) is 32.8 Å². The van der Waals surface area contributed by atoms with Crippen LogP contribution in [0.4, 0.5) is 13.2 Å². The monoisotopic (exact) mass is 370 g/mol. The second-order valence-corrected chi connectivity index (χ2v) is 6.65. The summed E-state index contributed by atoms with van der Waals surface area (Å²) in [5.41, 5.74) is -0.326. The number of halogens is 3. The zero-order valence-electron chi connectivity index (χ0n) is 14.3. The molecule has 0 N–H and O–H groups in total. The van der Waals surface area contributed by atoms with Crippen LogP contribution in [0, 0.1) is 5.92 Å². The summed E-state index contributed by atoms with van der Waals surface area (Å²) in [6, 6.07) is 4.96. The maximum atomic E-state index is 12.9. The van der Waals surface area contributed by atoms with Gasteiger partial charge < -0.3 is 14.5 Å². The van der Waals surface area contributed by atoms with E-state index in [2.05, 4.69) is 0 Å². The van der Waals surface area contributed by atoms with Crippen LogP contribution in [0.25, 0.3) is 0 Å².